The molecule has 0 aliphatic carbocycles. The lowest BCUT2D eigenvalue weighted by atomic mass is 9.77. The van der Waals surface area contributed by atoms with E-state index in [-0.39, 0.29) is 0 Å². The third-order valence-electron chi connectivity index (χ3n) is 4.40. The van der Waals surface area contributed by atoms with Gasteiger partial charge in [0.2, 0.25) is 0 Å². The molecule has 114 valence electrons. The van der Waals surface area contributed by atoms with Gasteiger partial charge in [-0.3, -0.25) is 0 Å². The summed E-state index contributed by atoms with van der Waals surface area (Å²) in [7, 11) is 0.792. The molecule has 0 atom stereocenters. The van der Waals surface area contributed by atoms with Crippen molar-refractivity contribution < 1.29 is 18.8 Å². The molecule has 21 heavy (non-hydrogen) atoms. The van der Waals surface area contributed by atoms with Crippen molar-refractivity contribution >= 4 is 24.2 Å². The minimum absolute atomic E-state index is 0.419. The van der Waals surface area contributed by atoms with Crippen molar-refractivity contribution in [3.05, 3.63) is 23.3 Å². The molecule has 0 amide bonds. The number of hydrogen-bond acceptors (Lipinski definition) is 5. The highest BCUT2D eigenvalue weighted by atomic mass is 16.7. The maximum Gasteiger partial charge on any atom is 0.494 e. The first-order chi connectivity index (χ1) is 9.59. The van der Waals surface area contributed by atoms with Gasteiger partial charge in [0.15, 0.2) is 0 Å². The molecule has 0 saturated carbocycles. The Morgan fingerprint density at radius 1 is 1.19 bits per heavy atom. The van der Waals surface area contributed by atoms with E-state index in [9.17, 15) is 4.79 Å². The molecule has 1 aromatic rings. The van der Waals surface area contributed by atoms with Crippen LogP contribution in [0.3, 0.4) is 0 Å². The van der Waals surface area contributed by atoms with Crippen molar-refractivity contribution in [1.29, 1.82) is 0 Å². The number of anilines is 1. The summed E-state index contributed by atoms with van der Waals surface area (Å²) in [6.45, 7) is 9.70. The largest absolute Gasteiger partial charge is 0.494 e. The molecule has 0 spiro atoms. The van der Waals surface area contributed by atoms with Gasteiger partial charge in [-0.15, -0.1) is 0 Å². The van der Waals surface area contributed by atoms with E-state index in [4.69, 9.17) is 19.8 Å². The molecule has 1 fully saturated rings. The number of benzene rings is 1. The summed E-state index contributed by atoms with van der Waals surface area (Å²) in [5.41, 5.74) is 7.48. The van der Waals surface area contributed by atoms with Gasteiger partial charge in [0.05, 0.1) is 23.9 Å². The summed E-state index contributed by atoms with van der Waals surface area (Å²) in [6.07, 6.45) is 0. The molecule has 0 aromatic heterocycles. The Bertz CT molecular complexity index is 567. The van der Waals surface area contributed by atoms with E-state index in [1.54, 1.807) is 19.1 Å². The van der Waals surface area contributed by atoms with E-state index in [0.29, 0.717) is 16.8 Å². The van der Waals surface area contributed by atoms with Crippen LogP contribution in [-0.2, 0) is 14.0 Å². The number of carbonyl (C=O) groups is 1. The Morgan fingerprint density at radius 2 is 1.71 bits per heavy atom. The average Bonchev–Trinajstić information content (AvgIpc) is 2.60. The van der Waals surface area contributed by atoms with Gasteiger partial charge in [-0.05, 0) is 57.8 Å². The number of esters is 1. The molecular formula is C15H22BNO4. The minimum atomic E-state index is -0.554. The Hall–Kier alpha value is -1.53. The third-order valence-corrected chi connectivity index (χ3v) is 4.40. The first kappa shape index (κ1) is 15.9. The second kappa shape index (κ2) is 5.03. The number of nitrogen functional groups attached to an aromatic ring is 1. The Morgan fingerprint density at radius 3 is 2.19 bits per heavy atom. The highest BCUT2D eigenvalue weighted by Gasteiger charge is 2.51. The summed E-state index contributed by atoms with van der Waals surface area (Å²) in [5, 5.41) is 0. The monoisotopic (exact) mass is 291 g/mol. The molecule has 1 aliphatic heterocycles. The second-order valence-corrected chi connectivity index (χ2v) is 6.36. The molecule has 1 heterocycles. The highest BCUT2D eigenvalue weighted by molar-refractivity contribution is 6.62. The Labute approximate surface area is 125 Å². The fourth-order valence-electron chi connectivity index (χ4n) is 2.20. The molecule has 1 aliphatic rings. The lowest BCUT2D eigenvalue weighted by molar-refractivity contribution is 0.00578. The van der Waals surface area contributed by atoms with Crippen LogP contribution >= 0.6 is 0 Å². The molecule has 6 heteroatoms. The van der Waals surface area contributed by atoms with Crippen LogP contribution in [0.2, 0.25) is 0 Å². The highest BCUT2D eigenvalue weighted by Crippen LogP contribution is 2.36. The molecule has 2 N–H and O–H groups in total. The molecule has 0 radical (unpaired) electrons. The van der Waals surface area contributed by atoms with Gasteiger partial charge in [-0.1, -0.05) is 0 Å². The van der Waals surface area contributed by atoms with Crippen molar-refractivity contribution in [3.63, 3.8) is 0 Å². The molecular weight excluding hydrogens is 269 g/mol. The quantitative estimate of drug-likeness (QED) is 0.510. The minimum Gasteiger partial charge on any atom is -0.465 e. The number of methoxy groups -OCH3 is 1. The van der Waals surface area contributed by atoms with Gasteiger partial charge < -0.3 is 19.8 Å². The van der Waals surface area contributed by atoms with Gasteiger partial charge in [0.25, 0.3) is 0 Å². The fraction of sp³-hybridized carbons (Fsp3) is 0.533. The number of ether oxygens (including phenoxy) is 1. The predicted molar refractivity (Wildman–Crippen MR) is 82.6 cm³/mol. The first-order valence-corrected chi connectivity index (χ1v) is 6.93. The van der Waals surface area contributed by atoms with Gasteiger partial charge in [-0.25, -0.2) is 4.79 Å². The zero-order valence-electron chi connectivity index (χ0n) is 13.4. The number of rotatable bonds is 2. The van der Waals surface area contributed by atoms with E-state index >= 15 is 0 Å². The van der Waals surface area contributed by atoms with Crippen LogP contribution < -0.4 is 11.2 Å². The molecule has 1 saturated heterocycles. The Balaban J connectivity index is 2.43. The lowest BCUT2D eigenvalue weighted by Gasteiger charge is -2.32. The summed E-state index contributed by atoms with van der Waals surface area (Å²) in [5.74, 6) is -0.419. The lowest BCUT2D eigenvalue weighted by Crippen LogP contribution is -2.41. The maximum atomic E-state index is 11.8. The zero-order chi connectivity index (χ0) is 16.0. The van der Waals surface area contributed by atoms with Crippen molar-refractivity contribution in [2.45, 2.75) is 45.8 Å². The van der Waals surface area contributed by atoms with E-state index in [1.807, 2.05) is 27.7 Å². The van der Waals surface area contributed by atoms with Crippen LogP contribution in [0.4, 0.5) is 5.69 Å². The fourth-order valence-corrected chi connectivity index (χ4v) is 2.20. The summed E-state index contributed by atoms with van der Waals surface area (Å²) in [6, 6.07) is 3.50. The van der Waals surface area contributed by atoms with E-state index in [2.05, 4.69) is 0 Å². The molecule has 0 unspecified atom stereocenters. The average molecular weight is 291 g/mol. The number of nitrogens with two attached hydrogens (primary N) is 1. The zero-order valence-corrected chi connectivity index (χ0v) is 13.4. The summed E-state index contributed by atoms with van der Waals surface area (Å²) in [4.78, 5) is 11.8. The van der Waals surface area contributed by atoms with Crippen LogP contribution in [-0.4, -0.2) is 31.4 Å². The standard InChI is InChI=1S/C15H22BNO4/c1-9-11(13(18)19-6)7-10(8-12(9)17)16-20-14(2,3)15(4,5)21-16/h7-8H,17H2,1-6H3. The molecule has 2 rings (SSSR count). The number of carbonyl (C=O) groups excluding carboxylic acids is 1. The Kier molecular flexibility index (Phi) is 3.80. The van der Waals surface area contributed by atoms with Gasteiger partial charge in [0, 0.05) is 5.69 Å². The smallest absolute Gasteiger partial charge is 0.465 e. The van der Waals surface area contributed by atoms with Crippen LogP contribution in [0.5, 0.6) is 0 Å². The van der Waals surface area contributed by atoms with E-state index in [1.165, 1.54) is 7.11 Å². The van der Waals surface area contributed by atoms with Crippen LogP contribution in [0.15, 0.2) is 12.1 Å². The van der Waals surface area contributed by atoms with Crippen LogP contribution in [0.1, 0.15) is 43.6 Å². The van der Waals surface area contributed by atoms with Crippen LogP contribution in [0.25, 0.3) is 0 Å². The van der Waals surface area contributed by atoms with Gasteiger partial charge in [0.1, 0.15) is 0 Å². The molecule has 5 nitrogen and oxygen atoms in total. The first-order valence-electron chi connectivity index (χ1n) is 6.93. The van der Waals surface area contributed by atoms with Crippen molar-refractivity contribution in [3.8, 4) is 0 Å². The summed E-state index contributed by atoms with van der Waals surface area (Å²) >= 11 is 0. The maximum absolute atomic E-state index is 11.8. The second-order valence-electron chi connectivity index (χ2n) is 6.36. The summed E-state index contributed by atoms with van der Waals surface area (Å²) < 4.78 is 16.8. The van der Waals surface area contributed by atoms with Crippen molar-refractivity contribution in [2.24, 2.45) is 0 Å². The van der Waals surface area contributed by atoms with E-state index < -0.39 is 24.3 Å². The predicted octanol–water partition coefficient (Wildman–Crippen LogP) is 1.66. The topological polar surface area (TPSA) is 70.8 Å². The van der Waals surface area contributed by atoms with Gasteiger partial charge >= 0.3 is 13.1 Å². The van der Waals surface area contributed by atoms with Gasteiger partial charge in [-0.2, -0.15) is 0 Å². The molecule has 1 aromatic carbocycles. The normalized spacial score (nSPS) is 19.6. The third kappa shape index (κ3) is 2.65. The van der Waals surface area contributed by atoms with Crippen molar-refractivity contribution in [2.75, 3.05) is 12.8 Å². The van der Waals surface area contributed by atoms with E-state index in [0.717, 1.165) is 5.46 Å². The van der Waals surface area contributed by atoms with Crippen LogP contribution in [0, 0.1) is 6.92 Å². The van der Waals surface area contributed by atoms with Crippen molar-refractivity contribution in [1.82, 2.24) is 0 Å². The SMILES string of the molecule is COC(=O)c1cc(B2OC(C)(C)C(C)(C)O2)cc(N)c1C. The molecule has 0 bridgehead atoms. The number of hydrogen-bond donors (Lipinski definition) is 1.